The lowest BCUT2D eigenvalue weighted by molar-refractivity contribution is -0.123. The molecule has 0 saturated carbocycles. The van der Waals surface area contributed by atoms with Gasteiger partial charge in [-0.2, -0.15) is 13.2 Å². The van der Waals surface area contributed by atoms with Crippen LogP contribution in [0, 0.1) is 6.92 Å². The van der Waals surface area contributed by atoms with Gasteiger partial charge in [-0.15, -0.1) is 11.3 Å². The van der Waals surface area contributed by atoms with Gasteiger partial charge in [0.1, 0.15) is 11.4 Å². The quantitative estimate of drug-likeness (QED) is 0.355. The molecule has 0 aliphatic heterocycles. The second kappa shape index (κ2) is 9.52. The van der Waals surface area contributed by atoms with Crippen LogP contribution in [-0.4, -0.2) is 29.5 Å². The lowest BCUT2D eigenvalue weighted by Gasteiger charge is -2.12. The van der Waals surface area contributed by atoms with E-state index in [1.165, 1.54) is 18.4 Å². The molecule has 0 radical (unpaired) electrons. The van der Waals surface area contributed by atoms with E-state index in [0.717, 1.165) is 16.9 Å². The van der Waals surface area contributed by atoms with Gasteiger partial charge < -0.3 is 15.1 Å². The van der Waals surface area contributed by atoms with Crippen molar-refractivity contribution in [3.63, 3.8) is 0 Å². The van der Waals surface area contributed by atoms with E-state index in [4.69, 9.17) is 4.42 Å². The summed E-state index contributed by atoms with van der Waals surface area (Å²) in [6, 6.07) is 16.9. The first-order chi connectivity index (χ1) is 16.2. The Balaban J connectivity index is 1.63. The van der Waals surface area contributed by atoms with E-state index < -0.39 is 24.5 Å². The number of thiazole rings is 1. The number of halogens is 3. The summed E-state index contributed by atoms with van der Waals surface area (Å²) in [5, 5.41) is 5.11. The molecule has 2 aromatic heterocycles. The first kappa shape index (κ1) is 23.2. The molecular weight excluding hydrogens is 467 g/mol. The van der Waals surface area contributed by atoms with Gasteiger partial charge in [-0.1, -0.05) is 36.4 Å². The van der Waals surface area contributed by atoms with Gasteiger partial charge in [-0.3, -0.25) is 9.59 Å². The van der Waals surface area contributed by atoms with E-state index in [9.17, 15) is 22.8 Å². The van der Waals surface area contributed by atoms with Crippen LogP contribution < -0.4 is 10.6 Å². The molecule has 34 heavy (non-hydrogen) atoms. The van der Waals surface area contributed by atoms with Gasteiger partial charge in [0, 0.05) is 16.8 Å². The molecule has 0 bridgehead atoms. The molecule has 2 heterocycles. The number of hydrogen-bond donors (Lipinski definition) is 2. The van der Waals surface area contributed by atoms with Crippen molar-refractivity contribution in [2.45, 2.75) is 13.1 Å². The van der Waals surface area contributed by atoms with Crippen molar-refractivity contribution in [2.24, 2.45) is 0 Å². The minimum Gasteiger partial charge on any atom is -0.462 e. The van der Waals surface area contributed by atoms with E-state index in [2.05, 4.69) is 10.3 Å². The van der Waals surface area contributed by atoms with E-state index >= 15 is 0 Å². The number of rotatable bonds is 6. The summed E-state index contributed by atoms with van der Waals surface area (Å²) in [7, 11) is 0. The summed E-state index contributed by atoms with van der Waals surface area (Å²) in [5.74, 6) is -0.846. The number of aryl methyl sites for hydroxylation is 1. The first-order valence-electron chi connectivity index (χ1n) is 10.1. The number of furan rings is 1. The fourth-order valence-corrected chi connectivity index (χ4v) is 4.08. The second-order valence-electron chi connectivity index (χ2n) is 7.32. The molecule has 10 heteroatoms. The topological polar surface area (TPSA) is 84.2 Å². The molecule has 0 aliphatic rings. The fourth-order valence-electron chi connectivity index (χ4n) is 3.13. The zero-order valence-electron chi connectivity index (χ0n) is 17.8. The van der Waals surface area contributed by atoms with Crippen LogP contribution in [0.15, 0.2) is 71.3 Å². The largest absolute Gasteiger partial charge is 0.462 e. The first-order valence-corrected chi connectivity index (χ1v) is 10.9. The standard InChI is InChI=1S/C24H18F3N3O3S/c1-14-9-10-16(21(31)28-13-24(25,26)27)12-17(14)29-22(32)20-19(15-6-3-2-4-7-15)30-23(34-20)18-8-5-11-33-18/h2-12H,13H2,1H3,(H,28,31)(H,29,32). The number of anilines is 1. The summed E-state index contributed by atoms with van der Waals surface area (Å²) >= 11 is 1.15. The Hall–Kier alpha value is -3.92. The summed E-state index contributed by atoms with van der Waals surface area (Å²) < 4.78 is 42.7. The number of benzene rings is 2. The maximum Gasteiger partial charge on any atom is 0.405 e. The maximum absolute atomic E-state index is 13.3. The molecule has 174 valence electrons. The van der Waals surface area contributed by atoms with Crippen LogP contribution in [0.5, 0.6) is 0 Å². The van der Waals surface area contributed by atoms with Crippen LogP contribution in [0.3, 0.4) is 0 Å². The molecule has 0 aliphatic carbocycles. The van der Waals surface area contributed by atoms with E-state index in [0.29, 0.717) is 32.6 Å². The van der Waals surface area contributed by atoms with Gasteiger partial charge in [-0.25, -0.2) is 4.98 Å². The highest BCUT2D eigenvalue weighted by molar-refractivity contribution is 7.17. The van der Waals surface area contributed by atoms with Crippen LogP contribution in [0.4, 0.5) is 18.9 Å². The molecule has 2 amide bonds. The van der Waals surface area contributed by atoms with Crippen LogP contribution in [0.25, 0.3) is 22.0 Å². The fraction of sp³-hybridized carbons (Fsp3) is 0.125. The van der Waals surface area contributed by atoms with Crippen LogP contribution in [0.2, 0.25) is 0 Å². The average molecular weight is 485 g/mol. The molecule has 2 N–H and O–H groups in total. The number of nitrogens with zero attached hydrogens (tertiary/aromatic N) is 1. The third kappa shape index (κ3) is 5.34. The van der Waals surface area contributed by atoms with Gasteiger partial charge in [0.15, 0.2) is 10.8 Å². The predicted octanol–water partition coefficient (Wildman–Crippen LogP) is 5.92. The normalized spacial score (nSPS) is 11.3. The molecule has 0 spiro atoms. The molecular formula is C24H18F3N3O3S. The number of aromatic nitrogens is 1. The Morgan fingerprint density at radius 2 is 1.79 bits per heavy atom. The Morgan fingerprint density at radius 1 is 1.03 bits per heavy atom. The molecule has 0 saturated heterocycles. The van der Waals surface area contributed by atoms with Crippen molar-refractivity contribution < 1.29 is 27.2 Å². The third-order valence-electron chi connectivity index (χ3n) is 4.81. The molecule has 0 atom stereocenters. The number of amides is 2. The van der Waals surface area contributed by atoms with Crippen molar-refractivity contribution in [3.8, 4) is 22.0 Å². The van der Waals surface area contributed by atoms with Crippen LogP contribution in [0.1, 0.15) is 25.6 Å². The highest BCUT2D eigenvalue weighted by Gasteiger charge is 2.28. The zero-order chi connectivity index (χ0) is 24.3. The highest BCUT2D eigenvalue weighted by atomic mass is 32.1. The van der Waals surface area contributed by atoms with Crippen molar-refractivity contribution >= 4 is 28.8 Å². The summed E-state index contributed by atoms with van der Waals surface area (Å²) in [4.78, 5) is 30.3. The van der Waals surface area contributed by atoms with Crippen molar-refractivity contribution in [2.75, 3.05) is 11.9 Å². The van der Waals surface area contributed by atoms with Crippen LogP contribution in [-0.2, 0) is 0 Å². The molecule has 0 fully saturated rings. The van der Waals surface area contributed by atoms with Gasteiger partial charge >= 0.3 is 6.18 Å². The van der Waals surface area contributed by atoms with E-state index in [-0.39, 0.29) is 5.56 Å². The van der Waals surface area contributed by atoms with E-state index in [1.807, 2.05) is 35.6 Å². The Bertz CT molecular complexity index is 1320. The summed E-state index contributed by atoms with van der Waals surface area (Å²) in [5.41, 5.74) is 2.13. The predicted molar refractivity (Wildman–Crippen MR) is 123 cm³/mol. The minimum absolute atomic E-state index is 0.00554. The average Bonchev–Trinajstić information content (AvgIpc) is 3.49. The Kier molecular flexibility index (Phi) is 6.51. The second-order valence-corrected chi connectivity index (χ2v) is 8.32. The van der Waals surface area contributed by atoms with Crippen molar-refractivity contribution in [1.29, 1.82) is 0 Å². The Labute approximate surface area is 196 Å². The van der Waals surface area contributed by atoms with Crippen molar-refractivity contribution in [3.05, 3.63) is 82.9 Å². The number of nitrogens with one attached hydrogen (secondary N) is 2. The van der Waals surface area contributed by atoms with Gasteiger partial charge in [0.25, 0.3) is 11.8 Å². The lowest BCUT2D eigenvalue weighted by Crippen LogP contribution is -2.33. The van der Waals surface area contributed by atoms with Gasteiger partial charge in [0.2, 0.25) is 0 Å². The number of hydrogen-bond acceptors (Lipinski definition) is 5. The lowest BCUT2D eigenvalue weighted by atomic mass is 10.1. The molecule has 6 nitrogen and oxygen atoms in total. The minimum atomic E-state index is -4.52. The number of carbonyl (C=O) groups excluding carboxylic acids is 2. The summed E-state index contributed by atoms with van der Waals surface area (Å²) in [6.45, 7) is 0.268. The third-order valence-corrected chi connectivity index (χ3v) is 5.88. The molecule has 4 aromatic rings. The van der Waals surface area contributed by atoms with Gasteiger partial charge in [-0.05, 0) is 36.8 Å². The summed E-state index contributed by atoms with van der Waals surface area (Å²) in [6.07, 6.45) is -3.01. The SMILES string of the molecule is Cc1ccc(C(=O)NCC(F)(F)F)cc1NC(=O)c1sc(-c2ccco2)nc1-c1ccccc1. The molecule has 4 rings (SSSR count). The van der Waals surface area contributed by atoms with Gasteiger partial charge in [0.05, 0.1) is 12.0 Å². The maximum atomic E-state index is 13.3. The number of alkyl halides is 3. The van der Waals surface area contributed by atoms with Crippen LogP contribution >= 0.6 is 11.3 Å². The highest BCUT2D eigenvalue weighted by Crippen LogP contribution is 2.35. The van der Waals surface area contributed by atoms with Crippen molar-refractivity contribution in [1.82, 2.24) is 10.3 Å². The monoisotopic (exact) mass is 485 g/mol. The smallest absolute Gasteiger partial charge is 0.405 e. The zero-order valence-corrected chi connectivity index (χ0v) is 18.6. The Morgan fingerprint density at radius 3 is 2.47 bits per heavy atom. The molecule has 0 unspecified atom stereocenters. The molecule has 2 aromatic carbocycles. The van der Waals surface area contributed by atoms with E-state index in [1.54, 1.807) is 25.1 Å². The number of carbonyl (C=O) groups is 2.